The van der Waals surface area contributed by atoms with Crippen LogP contribution in [-0.2, 0) is 4.79 Å². The number of hydrogen-bond acceptors (Lipinski definition) is 3. The minimum Gasteiger partial charge on any atom is -0.478 e. The minimum absolute atomic E-state index is 0.850. The fourth-order valence-corrected chi connectivity index (χ4v) is 2.07. The SMILES string of the molecule is CSc1cc(/C=C/C(=O)O)cc2[nH]cnc12. The molecule has 2 rings (SSSR count). The van der Waals surface area contributed by atoms with E-state index in [1.165, 1.54) is 0 Å². The lowest BCUT2D eigenvalue weighted by Gasteiger charge is -2.00. The molecule has 0 unspecified atom stereocenters. The molecule has 0 fully saturated rings. The summed E-state index contributed by atoms with van der Waals surface area (Å²) in [6, 6.07) is 3.80. The Morgan fingerprint density at radius 3 is 3.06 bits per heavy atom. The molecule has 1 aromatic heterocycles. The third-order valence-electron chi connectivity index (χ3n) is 2.15. The Balaban J connectivity index is 2.51. The molecular weight excluding hydrogens is 224 g/mol. The number of aliphatic carboxylic acids is 1. The van der Waals surface area contributed by atoms with Crippen molar-refractivity contribution in [3.05, 3.63) is 30.1 Å². The highest BCUT2D eigenvalue weighted by molar-refractivity contribution is 7.98. The number of rotatable bonds is 3. The Morgan fingerprint density at radius 2 is 2.38 bits per heavy atom. The van der Waals surface area contributed by atoms with Gasteiger partial charge in [0.25, 0.3) is 0 Å². The molecule has 0 aliphatic rings. The van der Waals surface area contributed by atoms with Crippen molar-refractivity contribution < 1.29 is 9.90 Å². The van der Waals surface area contributed by atoms with Gasteiger partial charge in [-0.05, 0) is 30.0 Å². The summed E-state index contributed by atoms with van der Waals surface area (Å²) in [5.41, 5.74) is 2.68. The van der Waals surface area contributed by atoms with Gasteiger partial charge in [0.2, 0.25) is 0 Å². The number of hydrogen-bond donors (Lipinski definition) is 2. The highest BCUT2D eigenvalue weighted by atomic mass is 32.2. The number of H-pyrrole nitrogens is 1. The quantitative estimate of drug-likeness (QED) is 0.632. The zero-order chi connectivity index (χ0) is 11.5. The lowest BCUT2D eigenvalue weighted by molar-refractivity contribution is -0.131. The van der Waals surface area contributed by atoms with Crippen molar-refractivity contribution in [1.29, 1.82) is 0 Å². The molecule has 1 aromatic carbocycles. The van der Waals surface area contributed by atoms with Gasteiger partial charge in [-0.15, -0.1) is 11.8 Å². The number of nitrogens with one attached hydrogen (secondary N) is 1. The molecule has 0 aliphatic heterocycles. The van der Waals surface area contributed by atoms with Gasteiger partial charge in [-0.1, -0.05) is 0 Å². The average Bonchev–Trinajstić information content (AvgIpc) is 2.73. The zero-order valence-corrected chi connectivity index (χ0v) is 9.41. The van der Waals surface area contributed by atoms with Crippen LogP contribution in [0.1, 0.15) is 5.56 Å². The van der Waals surface area contributed by atoms with Gasteiger partial charge in [-0.2, -0.15) is 0 Å². The molecule has 1 heterocycles. The number of benzene rings is 1. The molecule has 2 aromatic rings. The van der Waals surface area contributed by atoms with E-state index in [2.05, 4.69) is 9.97 Å². The molecule has 0 atom stereocenters. The third-order valence-corrected chi connectivity index (χ3v) is 2.90. The maximum Gasteiger partial charge on any atom is 0.328 e. The maximum atomic E-state index is 10.4. The fourth-order valence-electron chi connectivity index (χ4n) is 1.46. The van der Waals surface area contributed by atoms with Crippen molar-refractivity contribution >= 4 is 34.8 Å². The molecule has 0 saturated carbocycles. The number of nitrogens with zero attached hydrogens (tertiary/aromatic N) is 1. The second-order valence-corrected chi connectivity index (χ2v) is 4.04. The number of carboxylic acids is 1. The molecule has 82 valence electrons. The summed E-state index contributed by atoms with van der Waals surface area (Å²) >= 11 is 1.59. The molecule has 0 saturated heterocycles. The number of carbonyl (C=O) groups is 1. The summed E-state index contributed by atoms with van der Waals surface area (Å²) in [6.45, 7) is 0. The van der Waals surface area contributed by atoms with E-state index in [1.807, 2.05) is 18.4 Å². The summed E-state index contributed by atoms with van der Waals surface area (Å²) in [5, 5.41) is 8.56. The van der Waals surface area contributed by atoms with E-state index in [0.717, 1.165) is 27.6 Å². The molecule has 4 nitrogen and oxygen atoms in total. The van der Waals surface area contributed by atoms with E-state index >= 15 is 0 Å². The lowest BCUT2D eigenvalue weighted by Crippen LogP contribution is -1.86. The van der Waals surface area contributed by atoms with Crippen LogP contribution in [0.3, 0.4) is 0 Å². The summed E-state index contributed by atoms with van der Waals surface area (Å²) in [4.78, 5) is 18.7. The van der Waals surface area contributed by atoms with Crippen LogP contribution < -0.4 is 0 Å². The number of aromatic amines is 1. The number of carboxylic acid groups (broad SMARTS) is 1. The van der Waals surface area contributed by atoms with Crippen LogP contribution >= 0.6 is 11.8 Å². The van der Waals surface area contributed by atoms with E-state index in [-0.39, 0.29) is 0 Å². The van der Waals surface area contributed by atoms with Crippen LogP contribution in [0.2, 0.25) is 0 Å². The normalized spacial score (nSPS) is 11.3. The lowest BCUT2D eigenvalue weighted by atomic mass is 10.2. The molecule has 0 spiro atoms. The van der Waals surface area contributed by atoms with E-state index in [4.69, 9.17) is 5.11 Å². The van der Waals surface area contributed by atoms with Crippen molar-refractivity contribution in [3.8, 4) is 0 Å². The fraction of sp³-hybridized carbons (Fsp3) is 0.0909. The monoisotopic (exact) mass is 234 g/mol. The van der Waals surface area contributed by atoms with Crippen LogP contribution in [0, 0.1) is 0 Å². The maximum absolute atomic E-state index is 10.4. The Labute approximate surface area is 96.4 Å². The largest absolute Gasteiger partial charge is 0.478 e. The Morgan fingerprint density at radius 1 is 1.56 bits per heavy atom. The van der Waals surface area contributed by atoms with Crippen LogP contribution in [0.4, 0.5) is 0 Å². The second-order valence-electron chi connectivity index (χ2n) is 3.19. The standard InChI is InChI=1S/C11H10N2O2S/c1-16-9-5-7(2-3-10(14)15)4-8-11(9)13-6-12-8/h2-6H,1H3,(H,12,13)(H,14,15)/b3-2+. The van der Waals surface area contributed by atoms with Gasteiger partial charge in [0.1, 0.15) is 5.52 Å². The topological polar surface area (TPSA) is 66.0 Å². The van der Waals surface area contributed by atoms with Crippen LogP contribution in [0.15, 0.2) is 29.4 Å². The molecule has 5 heteroatoms. The number of aromatic nitrogens is 2. The van der Waals surface area contributed by atoms with Crippen LogP contribution in [0.25, 0.3) is 17.1 Å². The summed E-state index contributed by atoms with van der Waals surface area (Å²) in [7, 11) is 0. The van der Waals surface area contributed by atoms with Crippen molar-refractivity contribution in [2.75, 3.05) is 6.26 Å². The first-order valence-corrected chi connectivity index (χ1v) is 5.85. The van der Waals surface area contributed by atoms with Crippen molar-refractivity contribution in [1.82, 2.24) is 9.97 Å². The van der Waals surface area contributed by atoms with Gasteiger partial charge >= 0.3 is 5.97 Å². The predicted molar refractivity (Wildman–Crippen MR) is 64.5 cm³/mol. The zero-order valence-electron chi connectivity index (χ0n) is 8.60. The number of imidazole rings is 1. The average molecular weight is 234 g/mol. The molecule has 16 heavy (non-hydrogen) atoms. The molecule has 0 radical (unpaired) electrons. The van der Waals surface area contributed by atoms with Gasteiger partial charge in [0.15, 0.2) is 0 Å². The molecule has 0 aliphatic carbocycles. The van der Waals surface area contributed by atoms with E-state index in [0.29, 0.717) is 0 Å². The number of fused-ring (bicyclic) bond motifs is 1. The van der Waals surface area contributed by atoms with Gasteiger partial charge < -0.3 is 10.1 Å². The summed E-state index contributed by atoms with van der Waals surface area (Å²) in [6.07, 6.45) is 6.30. The first-order chi connectivity index (χ1) is 7.70. The predicted octanol–water partition coefficient (Wildman–Crippen LogP) is 2.38. The van der Waals surface area contributed by atoms with E-state index in [1.54, 1.807) is 24.2 Å². The van der Waals surface area contributed by atoms with Gasteiger partial charge in [0, 0.05) is 11.0 Å². The molecule has 0 bridgehead atoms. The van der Waals surface area contributed by atoms with Crippen LogP contribution in [0.5, 0.6) is 0 Å². The third kappa shape index (κ3) is 2.09. The second kappa shape index (κ2) is 4.40. The number of thioether (sulfide) groups is 1. The van der Waals surface area contributed by atoms with Crippen LogP contribution in [-0.4, -0.2) is 27.3 Å². The molecule has 2 N–H and O–H groups in total. The van der Waals surface area contributed by atoms with Gasteiger partial charge in [-0.25, -0.2) is 9.78 Å². The Kier molecular flexibility index (Phi) is 2.96. The van der Waals surface area contributed by atoms with E-state index in [9.17, 15) is 4.79 Å². The highest BCUT2D eigenvalue weighted by Crippen LogP contribution is 2.26. The van der Waals surface area contributed by atoms with Crippen molar-refractivity contribution in [2.45, 2.75) is 4.90 Å². The highest BCUT2D eigenvalue weighted by Gasteiger charge is 2.04. The van der Waals surface area contributed by atoms with Gasteiger partial charge in [-0.3, -0.25) is 0 Å². The summed E-state index contributed by atoms with van der Waals surface area (Å²) in [5.74, 6) is -0.949. The van der Waals surface area contributed by atoms with Gasteiger partial charge in [0.05, 0.1) is 11.8 Å². The molecular formula is C11H10N2O2S. The Bertz CT molecular complexity index is 560. The van der Waals surface area contributed by atoms with E-state index < -0.39 is 5.97 Å². The smallest absolute Gasteiger partial charge is 0.328 e. The first-order valence-electron chi connectivity index (χ1n) is 4.63. The minimum atomic E-state index is -0.949. The first kappa shape index (κ1) is 10.8. The molecule has 0 amide bonds. The summed E-state index contributed by atoms with van der Waals surface area (Å²) < 4.78 is 0. The Hall–Kier alpha value is -1.75. The van der Waals surface area contributed by atoms with Crippen molar-refractivity contribution in [3.63, 3.8) is 0 Å². The van der Waals surface area contributed by atoms with Crippen molar-refractivity contribution in [2.24, 2.45) is 0 Å².